The molecule has 1 N–H and O–H groups in total. The van der Waals surface area contributed by atoms with E-state index in [9.17, 15) is 10.1 Å². The first-order valence-corrected chi connectivity index (χ1v) is 9.30. The number of carbonyl (C=O) groups excluding carboxylic acids is 1. The molecule has 1 amide bonds. The number of likely N-dealkylation sites (tertiary alicyclic amines) is 1. The lowest BCUT2D eigenvalue weighted by Gasteiger charge is -2.16. The Labute approximate surface area is 151 Å². The molecule has 3 fully saturated rings. The van der Waals surface area contributed by atoms with E-state index < -0.39 is 0 Å². The van der Waals surface area contributed by atoms with Gasteiger partial charge in [-0.3, -0.25) is 14.9 Å². The molecule has 2 saturated carbocycles. The number of carbonyl (C=O) groups is 1. The highest BCUT2D eigenvalue weighted by molar-refractivity contribution is 5.96. The number of nitriles is 1. The Morgan fingerprint density at radius 3 is 2.85 bits per heavy atom. The van der Waals surface area contributed by atoms with E-state index in [1.807, 2.05) is 4.90 Å². The second-order valence-electron chi connectivity index (χ2n) is 7.70. The Morgan fingerprint density at radius 1 is 1.27 bits per heavy atom. The van der Waals surface area contributed by atoms with Crippen LogP contribution in [0.2, 0.25) is 0 Å². The van der Waals surface area contributed by atoms with E-state index in [1.54, 1.807) is 12.3 Å². The molecule has 0 spiro atoms. The maximum Gasteiger partial charge on any atom is 0.256 e. The van der Waals surface area contributed by atoms with E-state index in [-0.39, 0.29) is 11.8 Å². The Bertz CT molecular complexity index is 891. The maximum atomic E-state index is 13.0. The van der Waals surface area contributed by atoms with Gasteiger partial charge in [0.25, 0.3) is 5.91 Å². The third kappa shape index (κ3) is 2.66. The van der Waals surface area contributed by atoms with Gasteiger partial charge in [-0.2, -0.15) is 10.4 Å². The van der Waals surface area contributed by atoms with E-state index in [1.165, 1.54) is 31.9 Å². The molecule has 0 aromatic carbocycles. The van der Waals surface area contributed by atoms with Gasteiger partial charge in [0.15, 0.2) is 5.82 Å². The lowest BCUT2D eigenvalue weighted by atomic mass is 9.91. The summed E-state index contributed by atoms with van der Waals surface area (Å²) < 4.78 is 0. The predicted octanol–water partition coefficient (Wildman–Crippen LogP) is 2.21. The molecule has 3 aliphatic rings. The Morgan fingerprint density at radius 2 is 2.12 bits per heavy atom. The van der Waals surface area contributed by atoms with Gasteiger partial charge in [0.05, 0.1) is 11.1 Å². The second-order valence-corrected chi connectivity index (χ2v) is 7.70. The predicted molar refractivity (Wildman–Crippen MR) is 92.2 cm³/mol. The molecule has 3 heterocycles. The van der Waals surface area contributed by atoms with Crippen molar-refractivity contribution in [1.29, 1.82) is 5.26 Å². The van der Waals surface area contributed by atoms with Gasteiger partial charge < -0.3 is 4.90 Å². The molecule has 5 rings (SSSR count). The Balaban J connectivity index is 1.41. The molecule has 1 saturated heterocycles. The zero-order valence-electron chi connectivity index (χ0n) is 14.4. The minimum atomic E-state index is -0.107. The van der Waals surface area contributed by atoms with Crippen LogP contribution < -0.4 is 0 Å². The number of nitrogens with one attached hydrogen (secondary N) is 1. The number of amides is 1. The SMILES string of the molecule is N#Cc1ccncc1C(=O)N1C[C@H](c2nc(C3CC3)n[nH]2)[C@@H](C2CC2)C1. The molecule has 0 bridgehead atoms. The van der Waals surface area contributed by atoms with Gasteiger partial charge in [0, 0.05) is 37.3 Å². The quantitative estimate of drug-likeness (QED) is 0.913. The summed E-state index contributed by atoms with van der Waals surface area (Å²) in [6.07, 6.45) is 7.85. The summed E-state index contributed by atoms with van der Waals surface area (Å²) >= 11 is 0. The molecule has 26 heavy (non-hydrogen) atoms. The Hall–Kier alpha value is -2.75. The zero-order chi connectivity index (χ0) is 17.7. The van der Waals surface area contributed by atoms with Crippen LogP contribution >= 0.6 is 0 Å². The van der Waals surface area contributed by atoms with Crippen molar-refractivity contribution < 1.29 is 4.79 Å². The monoisotopic (exact) mass is 348 g/mol. The average Bonchev–Trinajstić information content (AvgIpc) is 3.61. The molecule has 2 aromatic heterocycles. The highest BCUT2D eigenvalue weighted by Gasteiger charge is 2.46. The first kappa shape index (κ1) is 15.5. The normalized spacial score (nSPS) is 25.3. The number of pyridine rings is 1. The van der Waals surface area contributed by atoms with Crippen molar-refractivity contribution in [2.45, 2.75) is 37.5 Å². The molecule has 2 atom stereocenters. The highest BCUT2D eigenvalue weighted by Crippen LogP contribution is 2.47. The average molecular weight is 348 g/mol. The van der Waals surface area contributed by atoms with Crippen molar-refractivity contribution in [2.75, 3.05) is 13.1 Å². The molecular formula is C19H20N6O. The van der Waals surface area contributed by atoms with Gasteiger partial charge in [-0.1, -0.05) is 0 Å². The van der Waals surface area contributed by atoms with Crippen LogP contribution in [0, 0.1) is 23.2 Å². The minimum absolute atomic E-state index is 0.107. The van der Waals surface area contributed by atoms with Gasteiger partial charge in [-0.15, -0.1) is 0 Å². The smallest absolute Gasteiger partial charge is 0.256 e. The van der Waals surface area contributed by atoms with E-state index in [0.717, 1.165) is 11.6 Å². The van der Waals surface area contributed by atoms with Crippen LogP contribution in [0.25, 0.3) is 0 Å². The fourth-order valence-corrected chi connectivity index (χ4v) is 4.10. The summed E-state index contributed by atoms with van der Waals surface area (Å²) in [6, 6.07) is 3.69. The van der Waals surface area contributed by atoms with Crippen molar-refractivity contribution in [3.63, 3.8) is 0 Å². The highest BCUT2D eigenvalue weighted by atomic mass is 16.2. The van der Waals surface area contributed by atoms with E-state index in [4.69, 9.17) is 4.98 Å². The molecule has 2 aromatic rings. The summed E-state index contributed by atoms with van der Waals surface area (Å²) in [7, 11) is 0. The first-order chi connectivity index (χ1) is 12.7. The van der Waals surface area contributed by atoms with Gasteiger partial charge >= 0.3 is 0 Å². The zero-order valence-corrected chi connectivity index (χ0v) is 14.4. The van der Waals surface area contributed by atoms with Gasteiger partial charge in [-0.25, -0.2) is 4.98 Å². The van der Waals surface area contributed by atoms with Gasteiger partial charge in [-0.05, 0) is 43.6 Å². The molecule has 132 valence electrons. The van der Waals surface area contributed by atoms with Crippen LogP contribution in [0.3, 0.4) is 0 Å². The number of aromatic amines is 1. The van der Waals surface area contributed by atoms with Crippen LogP contribution in [0.4, 0.5) is 0 Å². The largest absolute Gasteiger partial charge is 0.338 e. The van der Waals surface area contributed by atoms with Crippen LogP contribution in [0.1, 0.15) is 65.1 Å². The van der Waals surface area contributed by atoms with Crippen molar-refractivity contribution in [2.24, 2.45) is 11.8 Å². The lowest BCUT2D eigenvalue weighted by molar-refractivity contribution is 0.0784. The summed E-state index contributed by atoms with van der Waals surface area (Å²) in [4.78, 5) is 23.6. The van der Waals surface area contributed by atoms with Crippen molar-refractivity contribution in [3.05, 3.63) is 41.2 Å². The third-order valence-corrected chi connectivity index (χ3v) is 5.87. The van der Waals surface area contributed by atoms with E-state index in [2.05, 4.69) is 21.3 Å². The Kier molecular flexibility index (Phi) is 3.52. The maximum absolute atomic E-state index is 13.0. The van der Waals surface area contributed by atoms with Crippen molar-refractivity contribution >= 4 is 5.91 Å². The van der Waals surface area contributed by atoms with Crippen molar-refractivity contribution in [1.82, 2.24) is 25.1 Å². The van der Waals surface area contributed by atoms with Crippen LogP contribution in [-0.2, 0) is 0 Å². The standard InChI is InChI=1S/C19H20N6O/c20-7-13-5-6-21-8-14(13)19(26)25-9-15(11-1-2-11)16(10-25)18-22-17(23-24-18)12-3-4-12/h5-6,8,11-12,15-16H,1-4,9-10H2,(H,22,23,24)/t15-,16+/m1/s1. The van der Waals surface area contributed by atoms with Crippen LogP contribution in [0.5, 0.6) is 0 Å². The molecule has 7 heteroatoms. The van der Waals surface area contributed by atoms with Crippen LogP contribution in [-0.4, -0.2) is 44.1 Å². The molecule has 2 aliphatic carbocycles. The van der Waals surface area contributed by atoms with Gasteiger partial charge in [0.1, 0.15) is 11.9 Å². The second kappa shape index (κ2) is 5.90. The number of hydrogen-bond acceptors (Lipinski definition) is 5. The van der Waals surface area contributed by atoms with E-state index in [0.29, 0.717) is 42.0 Å². The summed E-state index contributed by atoms with van der Waals surface area (Å²) in [5.74, 6) is 3.55. The molecular weight excluding hydrogens is 328 g/mol. The van der Waals surface area contributed by atoms with Crippen molar-refractivity contribution in [3.8, 4) is 6.07 Å². The number of rotatable bonds is 4. The van der Waals surface area contributed by atoms with Gasteiger partial charge in [0.2, 0.25) is 0 Å². The van der Waals surface area contributed by atoms with E-state index >= 15 is 0 Å². The summed E-state index contributed by atoms with van der Waals surface area (Å²) in [6.45, 7) is 1.34. The molecule has 0 unspecified atom stereocenters. The van der Waals surface area contributed by atoms with Crippen LogP contribution in [0.15, 0.2) is 18.5 Å². The number of hydrogen-bond donors (Lipinski definition) is 1. The lowest BCUT2D eigenvalue weighted by Crippen LogP contribution is -2.30. The molecule has 0 radical (unpaired) electrons. The number of H-pyrrole nitrogens is 1. The fraction of sp³-hybridized carbons (Fsp3) is 0.526. The molecule has 7 nitrogen and oxygen atoms in total. The number of aromatic nitrogens is 4. The topological polar surface area (TPSA) is 98.6 Å². The number of nitrogens with zero attached hydrogens (tertiary/aromatic N) is 5. The fourth-order valence-electron chi connectivity index (χ4n) is 4.10. The first-order valence-electron chi connectivity index (χ1n) is 9.30. The third-order valence-electron chi connectivity index (χ3n) is 5.87. The summed E-state index contributed by atoms with van der Waals surface area (Å²) in [5, 5.41) is 16.8. The minimum Gasteiger partial charge on any atom is -0.338 e. The summed E-state index contributed by atoms with van der Waals surface area (Å²) in [5.41, 5.74) is 0.772. The molecule has 1 aliphatic heterocycles.